The van der Waals surface area contributed by atoms with Crippen LogP contribution in [0.1, 0.15) is 23.4 Å². The average molecular weight is 450 g/mol. The molecular formula is C19H20BrN3OS2. The van der Waals surface area contributed by atoms with E-state index in [1.54, 1.807) is 30.3 Å². The monoisotopic (exact) mass is 449 g/mol. The number of amides is 1. The smallest absolute Gasteiger partial charge is 0.253 e. The maximum atomic E-state index is 13.0. The topological polar surface area (TPSA) is 35.6 Å². The Hall–Kier alpha value is -1.70. The van der Waals surface area contributed by atoms with Gasteiger partial charge in [-0.2, -0.15) is 0 Å². The van der Waals surface area contributed by atoms with Crippen molar-refractivity contribution in [2.24, 2.45) is 0 Å². The van der Waals surface area contributed by atoms with Crippen molar-refractivity contribution in [3.05, 3.63) is 61.9 Å². The summed E-state index contributed by atoms with van der Waals surface area (Å²) >= 11 is 10.8. The highest BCUT2D eigenvalue weighted by molar-refractivity contribution is 9.11. The lowest BCUT2D eigenvalue weighted by Gasteiger charge is -2.38. The molecule has 0 bridgehead atoms. The van der Waals surface area contributed by atoms with Crippen LogP contribution in [-0.2, 0) is 4.79 Å². The summed E-state index contributed by atoms with van der Waals surface area (Å²) in [5.74, 6) is -0.0239. The average Bonchev–Trinajstić information content (AvgIpc) is 3.02. The highest BCUT2D eigenvalue weighted by atomic mass is 79.9. The Labute approximate surface area is 171 Å². The first kappa shape index (κ1) is 19.1. The van der Waals surface area contributed by atoms with Crippen LogP contribution < -0.4 is 10.2 Å². The second-order valence-electron chi connectivity index (χ2n) is 6.39. The molecule has 2 heterocycles. The number of nitrogens with one attached hydrogen (secondary N) is 1. The number of thiophene rings is 1. The number of aryl methyl sites for hydroxylation is 1. The Bertz CT molecular complexity index is 886. The van der Waals surface area contributed by atoms with Gasteiger partial charge in [0.05, 0.1) is 15.4 Å². The van der Waals surface area contributed by atoms with Crippen molar-refractivity contribution in [3.63, 3.8) is 0 Å². The van der Waals surface area contributed by atoms with Gasteiger partial charge in [-0.05, 0) is 66.3 Å². The molecule has 1 aromatic carbocycles. The van der Waals surface area contributed by atoms with E-state index in [1.807, 2.05) is 55.1 Å². The number of halogens is 1. The van der Waals surface area contributed by atoms with E-state index < -0.39 is 0 Å². The maximum absolute atomic E-state index is 13.0. The second kappa shape index (κ2) is 7.50. The first-order valence-electron chi connectivity index (χ1n) is 8.14. The van der Waals surface area contributed by atoms with Crippen molar-refractivity contribution >= 4 is 56.2 Å². The van der Waals surface area contributed by atoms with E-state index in [1.165, 1.54) is 5.56 Å². The summed E-state index contributed by atoms with van der Waals surface area (Å²) in [6, 6.07) is 11.9. The number of benzene rings is 1. The molecule has 1 aliphatic heterocycles. The number of nitrogens with zero attached hydrogens (tertiary/aromatic N) is 2. The van der Waals surface area contributed by atoms with Gasteiger partial charge in [-0.15, -0.1) is 11.3 Å². The summed E-state index contributed by atoms with van der Waals surface area (Å²) in [6.45, 7) is 4.00. The number of hydrogen-bond donors (Lipinski definition) is 1. The molecule has 0 saturated heterocycles. The number of likely N-dealkylation sites (N-methyl/N-ethyl adjacent to an activating group) is 1. The van der Waals surface area contributed by atoms with Crippen LogP contribution in [0, 0.1) is 6.92 Å². The quantitative estimate of drug-likeness (QED) is 0.693. The summed E-state index contributed by atoms with van der Waals surface area (Å²) in [5, 5.41) is 3.96. The number of hydrogen-bond acceptors (Lipinski definition) is 3. The first-order valence-corrected chi connectivity index (χ1v) is 10.2. The van der Waals surface area contributed by atoms with E-state index in [0.29, 0.717) is 10.7 Å². The van der Waals surface area contributed by atoms with Crippen molar-refractivity contribution in [3.8, 4) is 0 Å². The molecule has 7 heteroatoms. The van der Waals surface area contributed by atoms with Gasteiger partial charge in [0.15, 0.2) is 5.11 Å². The van der Waals surface area contributed by atoms with Gasteiger partial charge >= 0.3 is 0 Å². The van der Waals surface area contributed by atoms with Crippen molar-refractivity contribution in [1.29, 1.82) is 0 Å². The summed E-state index contributed by atoms with van der Waals surface area (Å²) < 4.78 is 1.02. The Balaban J connectivity index is 2.14. The second-order valence-corrected chi connectivity index (χ2v) is 9.28. The fraction of sp³-hybridized carbons (Fsp3) is 0.263. The van der Waals surface area contributed by atoms with E-state index in [4.69, 9.17) is 12.2 Å². The molecule has 136 valence electrons. The van der Waals surface area contributed by atoms with Gasteiger partial charge in [0.25, 0.3) is 5.91 Å². The number of carbonyl (C=O) groups is 1. The van der Waals surface area contributed by atoms with Crippen LogP contribution >= 0.6 is 39.5 Å². The summed E-state index contributed by atoms with van der Waals surface area (Å²) in [6.07, 6.45) is 0. The molecule has 0 spiro atoms. The minimum atomic E-state index is -0.254. The Morgan fingerprint density at radius 1 is 1.19 bits per heavy atom. The van der Waals surface area contributed by atoms with Crippen LogP contribution in [0.15, 0.2) is 51.5 Å². The molecule has 0 fully saturated rings. The van der Waals surface area contributed by atoms with Crippen LogP contribution in [0.2, 0.25) is 0 Å². The molecule has 0 radical (unpaired) electrons. The summed E-state index contributed by atoms with van der Waals surface area (Å²) in [7, 11) is 3.54. The predicted molar refractivity (Wildman–Crippen MR) is 116 cm³/mol. The molecule has 1 aliphatic rings. The van der Waals surface area contributed by atoms with Crippen molar-refractivity contribution < 1.29 is 4.79 Å². The third kappa shape index (κ3) is 3.56. The molecule has 2 aromatic rings. The number of thiocarbonyl (C=S) groups is 1. The van der Waals surface area contributed by atoms with E-state index in [-0.39, 0.29) is 11.9 Å². The zero-order valence-corrected chi connectivity index (χ0v) is 18.3. The van der Waals surface area contributed by atoms with Gasteiger partial charge in [0.1, 0.15) is 0 Å². The minimum absolute atomic E-state index is 0.0239. The zero-order chi connectivity index (χ0) is 19.0. The van der Waals surface area contributed by atoms with Gasteiger partial charge < -0.3 is 10.2 Å². The number of rotatable bonds is 3. The zero-order valence-electron chi connectivity index (χ0n) is 15.0. The molecule has 26 heavy (non-hydrogen) atoms. The van der Waals surface area contributed by atoms with Gasteiger partial charge in [0, 0.05) is 30.4 Å². The predicted octanol–water partition coefficient (Wildman–Crippen LogP) is 4.62. The van der Waals surface area contributed by atoms with Crippen molar-refractivity contribution in [2.45, 2.75) is 19.9 Å². The van der Waals surface area contributed by atoms with E-state index >= 15 is 0 Å². The molecule has 1 unspecified atom stereocenters. The van der Waals surface area contributed by atoms with Gasteiger partial charge in [0.2, 0.25) is 0 Å². The van der Waals surface area contributed by atoms with Crippen LogP contribution in [0.25, 0.3) is 0 Å². The molecule has 3 rings (SSSR count). The Morgan fingerprint density at radius 3 is 2.38 bits per heavy atom. The molecule has 4 nitrogen and oxygen atoms in total. The van der Waals surface area contributed by atoms with Crippen LogP contribution in [0.5, 0.6) is 0 Å². The molecule has 1 amide bonds. The van der Waals surface area contributed by atoms with Crippen LogP contribution in [0.4, 0.5) is 5.69 Å². The highest BCUT2D eigenvalue weighted by Gasteiger charge is 2.35. The molecular weight excluding hydrogens is 430 g/mol. The number of anilines is 1. The number of allylic oxidation sites excluding steroid dienone is 1. The Morgan fingerprint density at radius 2 is 1.85 bits per heavy atom. The normalized spacial score (nSPS) is 17.3. The van der Waals surface area contributed by atoms with E-state index in [0.717, 1.165) is 20.0 Å². The van der Waals surface area contributed by atoms with Gasteiger partial charge in [-0.1, -0.05) is 17.7 Å². The van der Waals surface area contributed by atoms with E-state index in [9.17, 15) is 4.79 Å². The minimum Gasteiger partial charge on any atom is -0.350 e. The van der Waals surface area contributed by atoms with Crippen molar-refractivity contribution in [1.82, 2.24) is 10.2 Å². The maximum Gasteiger partial charge on any atom is 0.253 e. The van der Waals surface area contributed by atoms with E-state index in [2.05, 4.69) is 21.2 Å². The van der Waals surface area contributed by atoms with Crippen LogP contribution in [0.3, 0.4) is 0 Å². The molecule has 0 saturated carbocycles. The Kier molecular flexibility index (Phi) is 5.50. The van der Waals surface area contributed by atoms with Crippen molar-refractivity contribution in [2.75, 3.05) is 19.0 Å². The largest absolute Gasteiger partial charge is 0.350 e. The fourth-order valence-electron chi connectivity index (χ4n) is 2.96. The lowest BCUT2D eigenvalue weighted by molar-refractivity contribution is -0.125. The molecule has 1 atom stereocenters. The molecule has 0 aliphatic carbocycles. The van der Waals surface area contributed by atoms with Gasteiger partial charge in [-0.25, -0.2) is 0 Å². The number of carbonyl (C=O) groups excluding carboxylic acids is 1. The van der Waals surface area contributed by atoms with Gasteiger partial charge in [-0.3, -0.25) is 9.69 Å². The SMILES string of the molecule is CC1=C(C(=O)N(C)C)C(c2ccc(Br)s2)NC(=S)N1c1ccc(C)cc1. The lowest BCUT2D eigenvalue weighted by Crippen LogP contribution is -2.49. The molecule has 1 aromatic heterocycles. The summed E-state index contributed by atoms with van der Waals surface area (Å²) in [4.78, 5) is 17.6. The standard InChI is InChI=1S/C19H20BrN3OS2/c1-11-5-7-13(8-6-11)23-12(2)16(18(24)22(3)4)17(21-19(23)25)14-9-10-15(20)26-14/h5-10,17H,1-4H3,(H,21,25). The summed E-state index contributed by atoms with van der Waals surface area (Å²) in [5.41, 5.74) is 3.68. The third-order valence-corrected chi connectivity index (χ3v) is 6.28. The highest BCUT2D eigenvalue weighted by Crippen LogP contribution is 2.38. The van der Waals surface area contributed by atoms with Crippen LogP contribution in [-0.4, -0.2) is 30.0 Å². The molecule has 1 N–H and O–H groups in total. The lowest BCUT2D eigenvalue weighted by atomic mass is 9.99. The first-order chi connectivity index (χ1) is 12.3. The fourth-order valence-corrected chi connectivity index (χ4v) is 4.81. The third-order valence-electron chi connectivity index (χ3n) is 4.29.